The lowest BCUT2D eigenvalue weighted by Crippen LogP contribution is -2.16. The van der Waals surface area contributed by atoms with Gasteiger partial charge in [-0.3, -0.25) is 11.7 Å². The van der Waals surface area contributed by atoms with E-state index < -0.39 is 0 Å². The fourth-order valence-electron chi connectivity index (χ4n) is 1.12. The Kier molecular flexibility index (Phi) is 21.1. The summed E-state index contributed by atoms with van der Waals surface area (Å²) in [6, 6.07) is 0. The van der Waals surface area contributed by atoms with E-state index in [0.29, 0.717) is 0 Å². The van der Waals surface area contributed by atoms with Crippen LogP contribution < -0.4 is 17.0 Å². The van der Waals surface area contributed by atoms with Gasteiger partial charge in [-0.2, -0.15) is 0 Å². The van der Waals surface area contributed by atoms with E-state index >= 15 is 0 Å². The zero-order chi connectivity index (χ0) is 10.4. The molecule has 0 aromatic rings. The molecule has 0 unspecified atom stereocenters. The van der Waals surface area contributed by atoms with Crippen molar-refractivity contribution in [2.45, 2.75) is 52.4 Å². The molecule has 0 aliphatic heterocycles. The molecular weight excluding hydrogens is 162 g/mol. The third kappa shape index (κ3) is 18.7. The summed E-state index contributed by atoms with van der Waals surface area (Å²) in [5, 5.41) is 3.46. The summed E-state index contributed by atoms with van der Waals surface area (Å²) < 4.78 is 0. The Morgan fingerprint density at radius 3 is 1.46 bits per heavy atom. The molecular formula is C10H27N3. The van der Waals surface area contributed by atoms with Crippen LogP contribution >= 0.6 is 0 Å². The molecule has 0 aliphatic rings. The Morgan fingerprint density at radius 2 is 1.15 bits per heavy atom. The molecule has 5 N–H and O–H groups in total. The minimum absolute atomic E-state index is 1.22. The second-order valence-electron chi connectivity index (χ2n) is 3.16. The Balaban J connectivity index is 0. The zero-order valence-corrected chi connectivity index (χ0v) is 9.31. The number of hydrogen-bond acceptors (Lipinski definition) is 3. The van der Waals surface area contributed by atoms with Gasteiger partial charge in [0.1, 0.15) is 0 Å². The average molecular weight is 189 g/mol. The molecule has 0 aromatic carbocycles. The van der Waals surface area contributed by atoms with Crippen molar-refractivity contribution in [1.82, 2.24) is 5.32 Å². The Morgan fingerprint density at radius 1 is 0.769 bits per heavy atom. The second kappa shape index (κ2) is 17.8. The quantitative estimate of drug-likeness (QED) is 0.310. The second-order valence-corrected chi connectivity index (χ2v) is 3.16. The number of unbranched alkanes of at least 4 members (excludes halogenated alkanes) is 4. The number of hydrazine groups is 1. The monoisotopic (exact) mass is 189 g/mol. The molecule has 0 fully saturated rings. The molecule has 0 saturated carbocycles. The summed E-state index contributed by atoms with van der Waals surface area (Å²) in [6.45, 7) is 6.93. The minimum Gasteiger partial charge on any atom is -0.317 e. The van der Waals surface area contributed by atoms with Crippen molar-refractivity contribution in [3.63, 3.8) is 0 Å². The molecule has 0 aromatic heterocycles. The van der Waals surface area contributed by atoms with Gasteiger partial charge < -0.3 is 5.32 Å². The molecule has 0 heterocycles. The molecule has 0 radical (unpaired) electrons. The first-order chi connectivity index (χ1) is 6.41. The topological polar surface area (TPSA) is 64.1 Å². The van der Waals surface area contributed by atoms with Gasteiger partial charge in [-0.05, 0) is 25.9 Å². The fraction of sp³-hybridized carbons (Fsp3) is 1.00. The lowest BCUT2D eigenvalue weighted by molar-refractivity contribution is 0.583. The predicted molar refractivity (Wildman–Crippen MR) is 60.3 cm³/mol. The van der Waals surface area contributed by atoms with E-state index in [1.165, 1.54) is 51.6 Å². The fourth-order valence-corrected chi connectivity index (χ4v) is 1.12. The first-order valence-electron chi connectivity index (χ1n) is 5.45. The van der Waals surface area contributed by atoms with Crippen molar-refractivity contribution < 1.29 is 0 Å². The molecule has 0 bridgehead atoms. The van der Waals surface area contributed by atoms with Gasteiger partial charge in [0.2, 0.25) is 0 Å². The number of nitrogens with one attached hydrogen (secondary N) is 1. The summed E-state index contributed by atoms with van der Waals surface area (Å²) in [4.78, 5) is 0. The van der Waals surface area contributed by atoms with Crippen LogP contribution in [-0.4, -0.2) is 13.1 Å². The molecule has 0 spiro atoms. The van der Waals surface area contributed by atoms with Crippen molar-refractivity contribution >= 4 is 0 Å². The molecule has 0 rings (SSSR count). The van der Waals surface area contributed by atoms with Gasteiger partial charge in [-0.15, -0.1) is 0 Å². The molecule has 13 heavy (non-hydrogen) atoms. The van der Waals surface area contributed by atoms with E-state index in [4.69, 9.17) is 0 Å². The minimum atomic E-state index is 1.22. The van der Waals surface area contributed by atoms with Crippen LogP contribution in [0.4, 0.5) is 0 Å². The van der Waals surface area contributed by atoms with E-state index in [1.807, 2.05) is 0 Å². The van der Waals surface area contributed by atoms with Gasteiger partial charge in [0.05, 0.1) is 0 Å². The van der Waals surface area contributed by atoms with E-state index in [-0.39, 0.29) is 0 Å². The van der Waals surface area contributed by atoms with E-state index in [1.54, 1.807) is 0 Å². The van der Waals surface area contributed by atoms with Crippen molar-refractivity contribution in [2.75, 3.05) is 13.1 Å². The molecule has 3 heteroatoms. The summed E-state index contributed by atoms with van der Waals surface area (Å²) >= 11 is 0. The maximum atomic E-state index is 4.00. The Bertz CT molecular complexity index is 59.2. The van der Waals surface area contributed by atoms with Crippen molar-refractivity contribution in [3.05, 3.63) is 0 Å². The van der Waals surface area contributed by atoms with Gasteiger partial charge in [-0.25, -0.2) is 0 Å². The van der Waals surface area contributed by atoms with E-state index in [9.17, 15) is 0 Å². The summed E-state index contributed by atoms with van der Waals surface area (Å²) in [5.74, 6) is 8.00. The van der Waals surface area contributed by atoms with Crippen molar-refractivity contribution in [3.8, 4) is 0 Å². The highest BCUT2D eigenvalue weighted by Gasteiger charge is 1.86. The normalized spacial score (nSPS) is 9.23. The SMILES string of the molecule is CCCCCNCCCCC.NN. The Labute approximate surface area is 83.2 Å². The molecule has 0 amide bonds. The van der Waals surface area contributed by atoms with Gasteiger partial charge in [0.25, 0.3) is 0 Å². The maximum absolute atomic E-state index is 4.00. The van der Waals surface area contributed by atoms with Crippen LogP contribution in [-0.2, 0) is 0 Å². The number of rotatable bonds is 8. The zero-order valence-electron chi connectivity index (χ0n) is 9.31. The third-order valence-corrected chi connectivity index (χ3v) is 1.91. The van der Waals surface area contributed by atoms with Crippen LogP contribution in [0.25, 0.3) is 0 Å². The molecule has 3 nitrogen and oxygen atoms in total. The average Bonchev–Trinajstić information content (AvgIpc) is 2.20. The van der Waals surface area contributed by atoms with Crippen LogP contribution in [0.5, 0.6) is 0 Å². The van der Waals surface area contributed by atoms with E-state index in [2.05, 4.69) is 30.8 Å². The van der Waals surface area contributed by atoms with E-state index in [0.717, 1.165) is 0 Å². The highest BCUT2D eigenvalue weighted by molar-refractivity contribution is 4.48. The summed E-state index contributed by atoms with van der Waals surface area (Å²) in [5.41, 5.74) is 0. The van der Waals surface area contributed by atoms with Crippen molar-refractivity contribution in [1.29, 1.82) is 0 Å². The van der Waals surface area contributed by atoms with Gasteiger partial charge in [0.15, 0.2) is 0 Å². The molecule has 82 valence electrons. The highest BCUT2D eigenvalue weighted by atomic mass is 15.0. The first kappa shape index (κ1) is 15.4. The van der Waals surface area contributed by atoms with Gasteiger partial charge >= 0.3 is 0 Å². The molecule has 0 aliphatic carbocycles. The molecule has 0 atom stereocenters. The summed E-state index contributed by atoms with van der Waals surface area (Å²) in [7, 11) is 0. The lowest BCUT2D eigenvalue weighted by atomic mass is 10.2. The molecule has 0 saturated heterocycles. The van der Waals surface area contributed by atoms with Crippen LogP contribution in [0.15, 0.2) is 0 Å². The van der Waals surface area contributed by atoms with Crippen molar-refractivity contribution in [2.24, 2.45) is 11.7 Å². The predicted octanol–water partition coefficient (Wildman–Crippen LogP) is 1.78. The lowest BCUT2D eigenvalue weighted by Gasteiger charge is -2.02. The first-order valence-corrected chi connectivity index (χ1v) is 5.45. The van der Waals surface area contributed by atoms with Crippen LogP contribution in [0.2, 0.25) is 0 Å². The van der Waals surface area contributed by atoms with Crippen LogP contribution in [0.1, 0.15) is 52.4 Å². The summed E-state index contributed by atoms with van der Waals surface area (Å²) in [6.07, 6.45) is 8.11. The maximum Gasteiger partial charge on any atom is -0.00489 e. The smallest absolute Gasteiger partial charge is 0.00489 e. The standard InChI is InChI=1S/C10H23N.H4N2/c1-3-5-7-9-11-10-8-6-4-2;1-2/h11H,3-10H2,1-2H3;1-2H2. The van der Waals surface area contributed by atoms with Gasteiger partial charge in [-0.1, -0.05) is 39.5 Å². The van der Waals surface area contributed by atoms with Crippen LogP contribution in [0, 0.1) is 0 Å². The number of nitrogens with two attached hydrogens (primary N) is 2. The third-order valence-electron chi connectivity index (χ3n) is 1.91. The Hall–Kier alpha value is -0.120. The van der Waals surface area contributed by atoms with Crippen LogP contribution in [0.3, 0.4) is 0 Å². The highest BCUT2D eigenvalue weighted by Crippen LogP contribution is 1.93. The largest absolute Gasteiger partial charge is 0.317 e. The number of hydrogen-bond donors (Lipinski definition) is 3. The van der Waals surface area contributed by atoms with Gasteiger partial charge in [0, 0.05) is 0 Å².